The number of imidazole rings is 1. The summed E-state index contributed by atoms with van der Waals surface area (Å²) in [4.78, 5) is 4.67. The van der Waals surface area contributed by atoms with Crippen LogP contribution in [0, 0.1) is 0 Å². The summed E-state index contributed by atoms with van der Waals surface area (Å²) in [6.45, 7) is 8.69. The van der Waals surface area contributed by atoms with E-state index in [1.54, 1.807) is 6.92 Å². The van der Waals surface area contributed by atoms with E-state index in [9.17, 15) is 5.11 Å². The molecule has 0 aliphatic rings. The van der Waals surface area contributed by atoms with Crippen LogP contribution < -0.4 is 0 Å². The molecule has 0 amide bonds. The van der Waals surface area contributed by atoms with Gasteiger partial charge in [0.2, 0.25) is 0 Å². The first-order chi connectivity index (χ1) is 8.29. The third-order valence-electron chi connectivity index (χ3n) is 2.83. The van der Waals surface area contributed by atoms with Gasteiger partial charge in [-0.05, 0) is 25.1 Å². The summed E-state index contributed by atoms with van der Waals surface area (Å²) in [5.41, 5.74) is 1.83. The second-order valence-electron chi connectivity index (χ2n) is 5.78. The molecule has 0 fully saturated rings. The molecule has 0 saturated heterocycles. The zero-order chi connectivity index (χ0) is 13.5. The summed E-state index contributed by atoms with van der Waals surface area (Å²) in [5.74, 6) is 0.973. The molecule has 18 heavy (non-hydrogen) atoms. The van der Waals surface area contributed by atoms with E-state index in [-0.39, 0.29) is 5.41 Å². The molecule has 1 heterocycles. The lowest BCUT2D eigenvalue weighted by Gasteiger charge is -2.21. The fraction of sp³-hybridized carbons (Fsp3) is 0.500. The molecule has 1 N–H and O–H groups in total. The predicted octanol–water partition coefficient (Wildman–Crippen LogP) is 3.37. The Morgan fingerprint density at radius 3 is 2.61 bits per heavy atom. The molecule has 0 spiro atoms. The molecule has 0 aliphatic heterocycles. The molecule has 3 nitrogen and oxygen atoms in total. The molecule has 0 aliphatic carbocycles. The Morgan fingerprint density at radius 2 is 2.06 bits per heavy atom. The van der Waals surface area contributed by atoms with Gasteiger partial charge in [0.05, 0.1) is 23.7 Å². The molecular weight excluding hydrogens is 248 g/mol. The van der Waals surface area contributed by atoms with Crippen molar-refractivity contribution in [2.75, 3.05) is 0 Å². The Kier molecular flexibility index (Phi) is 3.39. The van der Waals surface area contributed by atoms with Crippen LogP contribution in [0.4, 0.5) is 0 Å². The normalized spacial score (nSPS) is 14.1. The van der Waals surface area contributed by atoms with Gasteiger partial charge in [-0.2, -0.15) is 0 Å². The smallest absolute Gasteiger partial charge is 0.115 e. The van der Waals surface area contributed by atoms with Crippen LogP contribution in [0.25, 0.3) is 11.0 Å². The summed E-state index contributed by atoms with van der Waals surface area (Å²) in [6.07, 6.45) is -0.404. The molecular formula is C14H19ClN2O. The van der Waals surface area contributed by atoms with Crippen molar-refractivity contribution in [3.05, 3.63) is 29.0 Å². The molecule has 1 aromatic carbocycles. The number of benzene rings is 1. The Balaban J connectivity index is 2.68. The first-order valence-corrected chi connectivity index (χ1v) is 6.51. The highest BCUT2D eigenvalue weighted by atomic mass is 35.5. The van der Waals surface area contributed by atoms with Crippen molar-refractivity contribution in [2.45, 2.75) is 45.8 Å². The average molecular weight is 267 g/mol. The zero-order valence-corrected chi connectivity index (χ0v) is 12.0. The van der Waals surface area contributed by atoms with Gasteiger partial charge in [0, 0.05) is 10.4 Å². The molecule has 2 rings (SSSR count). The van der Waals surface area contributed by atoms with Crippen LogP contribution in [0.15, 0.2) is 18.2 Å². The standard InChI is InChI=1S/C14H19ClN2O/c1-9(18)8-17-12-6-5-10(15)7-11(12)16-13(17)14(2,3)4/h5-7,9,18H,8H2,1-4H3. The summed E-state index contributed by atoms with van der Waals surface area (Å²) in [7, 11) is 0. The van der Waals surface area contributed by atoms with E-state index in [1.165, 1.54) is 0 Å². The van der Waals surface area contributed by atoms with E-state index in [2.05, 4.69) is 30.3 Å². The van der Waals surface area contributed by atoms with Crippen molar-refractivity contribution >= 4 is 22.6 Å². The monoisotopic (exact) mass is 266 g/mol. The van der Waals surface area contributed by atoms with Gasteiger partial charge in [0.1, 0.15) is 5.82 Å². The van der Waals surface area contributed by atoms with Gasteiger partial charge >= 0.3 is 0 Å². The molecule has 0 saturated carbocycles. The fourth-order valence-corrected chi connectivity index (χ4v) is 2.29. The van der Waals surface area contributed by atoms with Gasteiger partial charge in [-0.1, -0.05) is 32.4 Å². The molecule has 1 atom stereocenters. The first-order valence-electron chi connectivity index (χ1n) is 6.13. The maximum Gasteiger partial charge on any atom is 0.115 e. The number of halogens is 1. The molecule has 0 radical (unpaired) electrons. The number of hydrogen-bond donors (Lipinski definition) is 1. The third-order valence-corrected chi connectivity index (χ3v) is 3.06. The van der Waals surface area contributed by atoms with E-state index >= 15 is 0 Å². The van der Waals surface area contributed by atoms with E-state index in [0.717, 1.165) is 16.9 Å². The maximum absolute atomic E-state index is 9.65. The third kappa shape index (κ3) is 2.52. The van der Waals surface area contributed by atoms with Gasteiger partial charge in [-0.25, -0.2) is 4.98 Å². The van der Waals surface area contributed by atoms with E-state index < -0.39 is 6.10 Å². The highest BCUT2D eigenvalue weighted by molar-refractivity contribution is 6.31. The maximum atomic E-state index is 9.65. The van der Waals surface area contributed by atoms with Crippen molar-refractivity contribution < 1.29 is 5.11 Å². The van der Waals surface area contributed by atoms with Gasteiger partial charge in [-0.15, -0.1) is 0 Å². The van der Waals surface area contributed by atoms with Crippen LogP contribution in [-0.2, 0) is 12.0 Å². The van der Waals surface area contributed by atoms with Crippen LogP contribution in [0.2, 0.25) is 5.02 Å². The Bertz CT molecular complexity index is 567. The molecule has 1 aromatic heterocycles. The van der Waals surface area contributed by atoms with Crippen LogP contribution in [-0.4, -0.2) is 20.8 Å². The number of hydrogen-bond acceptors (Lipinski definition) is 2. The lowest BCUT2D eigenvalue weighted by atomic mass is 9.95. The second-order valence-corrected chi connectivity index (χ2v) is 6.21. The lowest BCUT2D eigenvalue weighted by molar-refractivity contribution is 0.172. The average Bonchev–Trinajstić information content (AvgIpc) is 2.55. The van der Waals surface area contributed by atoms with E-state index in [0.29, 0.717) is 11.6 Å². The first kappa shape index (κ1) is 13.4. The number of aliphatic hydroxyl groups excluding tert-OH is 1. The van der Waals surface area contributed by atoms with Crippen molar-refractivity contribution in [1.82, 2.24) is 9.55 Å². The highest BCUT2D eigenvalue weighted by Crippen LogP contribution is 2.28. The van der Waals surface area contributed by atoms with Gasteiger partial charge in [-0.3, -0.25) is 0 Å². The molecule has 98 valence electrons. The number of nitrogens with zero attached hydrogens (tertiary/aromatic N) is 2. The number of fused-ring (bicyclic) bond motifs is 1. The van der Waals surface area contributed by atoms with Crippen LogP contribution >= 0.6 is 11.6 Å². The summed E-state index contributed by atoms with van der Waals surface area (Å²) in [5, 5.41) is 10.3. The van der Waals surface area contributed by atoms with Crippen LogP contribution in [0.1, 0.15) is 33.5 Å². The Labute approximate surface area is 112 Å². The predicted molar refractivity (Wildman–Crippen MR) is 75.1 cm³/mol. The van der Waals surface area contributed by atoms with E-state index in [4.69, 9.17) is 11.6 Å². The van der Waals surface area contributed by atoms with Crippen molar-refractivity contribution in [3.63, 3.8) is 0 Å². The minimum absolute atomic E-state index is 0.0691. The van der Waals surface area contributed by atoms with Crippen LogP contribution in [0.5, 0.6) is 0 Å². The van der Waals surface area contributed by atoms with Crippen molar-refractivity contribution in [1.29, 1.82) is 0 Å². The second kappa shape index (κ2) is 4.56. The minimum Gasteiger partial charge on any atom is -0.392 e. The minimum atomic E-state index is -0.404. The molecule has 4 heteroatoms. The number of rotatable bonds is 2. The Morgan fingerprint density at radius 1 is 1.39 bits per heavy atom. The molecule has 1 unspecified atom stereocenters. The van der Waals surface area contributed by atoms with Crippen molar-refractivity contribution in [3.8, 4) is 0 Å². The van der Waals surface area contributed by atoms with Crippen molar-refractivity contribution in [2.24, 2.45) is 0 Å². The highest BCUT2D eigenvalue weighted by Gasteiger charge is 2.23. The van der Waals surface area contributed by atoms with Crippen LogP contribution in [0.3, 0.4) is 0 Å². The van der Waals surface area contributed by atoms with Gasteiger partial charge in [0.25, 0.3) is 0 Å². The lowest BCUT2D eigenvalue weighted by Crippen LogP contribution is -2.22. The molecule has 0 bridgehead atoms. The Hall–Kier alpha value is -1.06. The van der Waals surface area contributed by atoms with E-state index in [1.807, 2.05) is 18.2 Å². The quantitative estimate of drug-likeness (QED) is 0.905. The largest absolute Gasteiger partial charge is 0.392 e. The summed E-state index contributed by atoms with van der Waals surface area (Å²) < 4.78 is 2.08. The topological polar surface area (TPSA) is 38.0 Å². The number of aromatic nitrogens is 2. The fourth-order valence-electron chi connectivity index (χ4n) is 2.12. The molecule has 2 aromatic rings. The number of aliphatic hydroxyl groups is 1. The summed E-state index contributed by atoms with van der Waals surface area (Å²) >= 11 is 6.00. The van der Waals surface area contributed by atoms with Gasteiger partial charge in [0.15, 0.2) is 0 Å². The SMILES string of the molecule is CC(O)Cn1c(C(C)(C)C)nc2cc(Cl)ccc21. The summed E-state index contributed by atoms with van der Waals surface area (Å²) in [6, 6.07) is 5.68. The zero-order valence-electron chi connectivity index (χ0n) is 11.2. The van der Waals surface area contributed by atoms with Gasteiger partial charge < -0.3 is 9.67 Å².